The molecule has 3 N–H and O–H groups in total. The van der Waals surface area contributed by atoms with E-state index in [9.17, 15) is 9.59 Å². The number of rotatable bonds is 6. The Balaban J connectivity index is 1.63. The zero-order valence-corrected chi connectivity index (χ0v) is 10.3. The number of aromatic amines is 1. The molecule has 0 spiro atoms. The Bertz CT molecular complexity index is 517. The molecule has 2 rings (SSSR count). The van der Waals surface area contributed by atoms with Crippen molar-refractivity contribution in [1.82, 2.24) is 15.6 Å². The van der Waals surface area contributed by atoms with Gasteiger partial charge in [0.25, 0.3) is 5.91 Å². The van der Waals surface area contributed by atoms with Crippen LogP contribution in [0.5, 0.6) is 0 Å². The average molecular weight is 261 g/mol. The lowest BCUT2D eigenvalue weighted by Crippen LogP contribution is -2.30. The van der Waals surface area contributed by atoms with E-state index in [1.54, 1.807) is 12.3 Å². The molecule has 0 aliphatic rings. The number of carbonyl (C=O) groups excluding carboxylic acids is 2. The summed E-state index contributed by atoms with van der Waals surface area (Å²) in [6.45, 7) is 0.779. The normalized spacial score (nSPS) is 10.1. The second kappa shape index (κ2) is 6.44. The molecule has 0 unspecified atom stereocenters. The Kier molecular flexibility index (Phi) is 4.39. The number of amides is 2. The van der Waals surface area contributed by atoms with Gasteiger partial charge in [-0.25, -0.2) is 0 Å². The van der Waals surface area contributed by atoms with Crippen molar-refractivity contribution in [3.8, 4) is 0 Å². The summed E-state index contributed by atoms with van der Waals surface area (Å²) >= 11 is 0. The van der Waals surface area contributed by atoms with Crippen molar-refractivity contribution in [2.75, 3.05) is 6.54 Å². The maximum Gasteiger partial charge on any atom is 0.254 e. The number of hydrogen-bond acceptors (Lipinski definition) is 3. The first-order valence-electron chi connectivity index (χ1n) is 5.94. The molecule has 100 valence electrons. The third kappa shape index (κ3) is 4.02. The Morgan fingerprint density at radius 3 is 2.84 bits per heavy atom. The Labute approximate surface area is 110 Å². The summed E-state index contributed by atoms with van der Waals surface area (Å²) in [5.41, 5.74) is 1.46. The Morgan fingerprint density at radius 1 is 1.26 bits per heavy atom. The number of hydrogen-bond donors (Lipinski definition) is 3. The zero-order valence-electron chi connectivity index (χ0n) is 10.3. The molecule has 2 aromatic heterocycles. The van der Waals surface area contributed by atoms with Crippen LogP contribution in [0.3, 0.4) is 0 Å². The number of carbonyl (C=O) groups is 2. The van der Waals surface area contributed by atoms with Gasteiger partial charge in [-0.3, -0.25) is 9.59 Å². The molecular formula is C13H15N3O3. The van der Waals surface area contributed by atoms with E-state index in [0.29, 0.717) is 18.7 Å². The average Bonchev–Trinajstić information content (AvgIpc) is 3.09. The van der Waals surface area contributed by atoms with Gasteiger partial charge in [0.15, 0.2) is 0 Å². The highest BCUT2D eigenvalue weighted by molar-refractivity contribution is 5.93. The number of furan rings is 1. The molecule has 2 aromatic rings. The Morgan fingerprint density at radius 2 is 2.16 bits per heavy atom. The highest BCUT2D eigenvalue weighted by Gasteiger charge is 2.07. The van der Waals surface area contributed by atoms with Gasteiger partial charge in [0.1, 0.15) is 6.26 Å². The van der Waals surface area contributed by atoms with E-state index in [-0.39, 0.29) is 18.2 Å². The summed E-state index contributed by atoms with van der Waals surface area (Å²) in [5.74, 6) is -0.346. The van der Waals surface area contributed by atoms with Crippen molar-refractivity contribution >= 4 is 11.8 Å². The molecule has 0 aliphatic carbocycles. The summed E-state index contributed by atoms with van der Waals surface area (Å²) in [7, 11) is 0. The second-order valence-electron chi connectivity index (χ2n) is 4.01. The van der Waals surface area contributed by atoms with E-state index in [1.165, 1.54) is 12.5 Å². The van der Waals surface area contributed by atoms with E-state index in [2.05, 4.69) is 15.6 Å². The highest BCUT2D eigenvalue weighted by atomic mass is 16.3. The molecule has 0 saturated carbocycles. The molecule has 2 amide bonds. The lowest BCUT2D eigenvalue weighted by Gasteiger charge is -2.05. The van der Waals surface area contributed by atoms with Crippen molar-refractivity contribution in [1.29, 1.82) is 0 Å². The van der Waals surface area contributed by atoms with Crippen molar-refractivity contribution < 1.29 is 14.0 Å². The molecule has 0 radical (unpaired) electrons. The van der Waals surface area contributed by atoms with Crippen molar-refractivity contribution in [2.24, 2.45) is 0 Å². The van der Waals surface area contributed by atoms with Gasteiger partial charge in [0, 0.05) is 31.9 Å². The summed E-state index contributed by atoms with van der Waals surface area (Å²) in [6, 6.07) is 3.46. The number of H-pyrrole nitrogens is 1. The van der Waals surface area contributed by atoms with Crippen LogP contribution >= 0.6 is 0 Å². The van der Waals surface area contributed by atoms with E-state index in [0.717, 1.165) is 5.56 Å². The molecule has 0 saturated heterocycles. The van der Waals surface area contributed by atoms with Crippen LogP contribution in [-0.4, -0.2) is 23.3 Å². The predicted octanol–water partition coefficient (Wildman–Crippen LogP) is 1.04. The van der Waals surface area contributed by atoms with Crippen LogP contribution in [0.2, 0.25) is 0 Å². The van der Waals surface area contributed by atoms with Crippen molar-refractivity contribution in [2.45, 2.75) is 13.0 Å². The Hall–Kier alpha value is -2.50. The first kappa shape index (κ1) is 12.9. The fraction of sp³-hybridized carbons (Fsp3) is 0.231. The lowest BCUT2D eigenvalue weighted by molar-refractivity contribution is -0.121. The van der Waals surface area contributed by atoms with Crippen LogP contribution in [0.25, 0.3) is 0 Å². The van der Waals surface area contributed by atoms with Gasteiger partial charge in [0.05, 0.1) is 11.8 Å². The van der Waals surface area contributed by atoms with Gasteiger partial charge in [-0.05, 0) is 17.7 Å². The molecule has 0 atom stereocenters. The fourth-order valence-corrected chi connectivity index (χ4v) is 1.54. The zero-order chi connectivity index (χ0) is 13.5. The minimum Gasteiger partial charge on any atom is -0.472 e. The maximum atomic E-state index is 11.5. The summed E-state index contributed by atoms with van der Waals surface area (Å²) in [4.78, 5) is 26.0. The third-order valence-electron chi connectivity index (χ3n) is 2.57. The standard InChI is InChI=1S/C13H15N3O3/c17-12(16-8-10-1-4-14-7-10)2-5-15-13(18)11-3-6-19-9-11/h1,3-4,6-7,9,14H,2,5,8H2,(H,15,18)(H,16,17). The van der Waals surface area contributed by atoms with Gasteiger partial charge in [0.2, 0.25) is 5.91 Å². The van der Waals surface area contributed by atoms with Crippen LogP contribution in [0.4, 0.5) is 0 Å². The van der Waals surface area contributed by atoms with Crippen LogP contribution < -0.4 is 10.6 Å². The summed E-state index contributed by atoms with van der Waals surface area (Å²) < 4.78 is 4.80. The molecule has 0 fully saturated rings. The van der Waals surface area contributed by atoms with Crippen LogP contribution in [-0.2, 0) is 11.3 Å². The van der Waals surface area contributed by atoms with E-state index < -0.39 is 0 Å². The number of nitrogens with one attached hydrogen (secondary N) is 3. The fourth-order valence-electron chi connectivity index (χ4n) is 1.54. The first-order valence-corrected chi connectivity index (χ1v) is 5.94. The van der Waals surface area contributed by atoms with E-state index >= 15 is 0 Å². The van der Waals surface area contributed by atoms with Crippen molar-refractivity contribution in [3.63, 3.8) is 0 Å². The second-order valence-corrected chi connectivity index (χ2v) is 4.01. The van der Waals surface area contributed by atoms with Gasteiger partial charge in [-0.2, -0.15) is 0 Å². The van der Waals surface area contributed by atoms with Gasteiger partial charge < -0.3 is 20.0 Å². The van der Waals surface area contributed by atoms with Gasteiger partial charge in [-0.1, -0.05) is 0 Å². The lowest BCUT2D eigenvalue weighted by atomic mass is 10.3. The predicted molar refractivity (Wildman–Crippen MR) is 68.3 cm³/mol. The molecule has 0 aliphatic heterocycles. The minimum absolute atomic E-state index is 0.103. The molecule has 0 aromatic carbocycles. The summed E-state index contributed by atoms with van der Waals surface area (Å²) in [6.07, 6.45) is 6.65. The van der Waals surface area contributed by atoms with Crippen LogP contribution in [0.15, 0.2) is 41.5 Å². The molecule has 19 heavy (non-hydrogen) atoms. The smallest absolute Gasteiger partial charge is 0.254 e. The quantitative estimate of drug-likeness (QED) is 0.726. The van der Waals surface area contributed by atoms with Crippen LogP contribution in [0, 0.1) is 0 Å². The summed E-state index contributed by atoms with van der Waals surface area (Å²) in [5, 5.41) is 5.41. The van der Waals surface area contributed by atoms with E-state index in [4.69, 9.17) is 4.42 Å². The van der Waals surface area contributed by atoms with Crippen molar-refractivity contribution in [3.05, 3.63) is 48.2 Å². The van der Waals surface area contributed by atoms with Gasteiger partial charge >= 0.3 is 0 Å². The first-order chi connectivity index (χ1) is 9.25. The SMILES string of the molecule is O=C(CCNC(=O)c1ccoc1)NCc1cc[nH]c1. The molecular weight excluding hydrogens is 246 g/mol. The third-order valence-corrected chi connectivity index (χ3v) is 2.57. The van der Waals surface area contributed by atoms with E-state index in [1.807, 2.05) is 12.3 Å². The molecule has 2 heterocycles. The topological polar surface area (TPSA) is 87.1 Å². The van der Waals surface area contributed by atoms with Crippen LogP contribution in [0.1, 0.15) is 22.3 Å². The maximum absolute atomic E-state index is 11.5. The molecule has 6 heteroatoms. The highest BCUT2D eigenvalue weighted by Crippen LogP contribution is 1.99. The minimum atomic E-state index is -0.243. The monoisotopic (exact) mass is 261 g/mol. The largest absolute Gasteiger partial charge is 0.472 e. The molecule has 6 nitrogen and oxygen atoms in total. The molecule has 0 bridgehead atoms. The van der Waals surface area contributed by atoms with Gasteiger partial charge in [-0.15, -0.1) is 0 Å². The number of aromatic nitrogens is 1.